The average Bonchev–Trinajstić information content (AvgIpc) is 0.717. The van der Waals surface area contributed by atoms with Gasteiger partial charge in [0.25, 0.3) is 0 Å². The topological polar surface area (TPSA) is 74.6 Å². The molecule has 0 rings (SSSR count). The molecule has 0 amide bonds. The average molecular weight is 1720 g/mol. The molecule has 65 heteroatoms. The summed E-state index contributed by atoms with van der Waals surface area (Å²) in [4.78, 5) is 22.2. The summed E-state index contributed by atoms with van der Waals surface area (Å²) in [5.41, 5.74) is 0. The van der Waals surface area contributed by atoms with Gasteiger partial charge in [-0.3, -0.25) is 9.59 Å². The van der Waals surface area contributed by atoms with Crippen molar-refractivity contribution in [2.24, 2.45) is 0 Å². The minimum atomic E-state index is -9.21. The first-order valence-electron chi connectivity index (χ1n) is 20.3. The van der Waals surface area contributed by atoms with Crippen molar-refractivity contribution in [2.75, 3.05) is 0 Å². The van der Waals surface area contributed by atoms with Crippen molar-refractivity contribution in [1.29, 1.82) is 0 Å². The molecule has 0 atom stereocenters. The second kappa shape index (κ2) is 25.1. The number of hydrogen-bond donors (Lipinski definition) is 2. The molecule has 0 spiro atoms. The zero-order valence-electron chi connectivity index (χ0n) is 41.9. The minimum absolute atomic E-state index is 0. The van der Waals surface area contributed by atoms with Crippen LogP contribution in [0.1, 0.15) is 0 Å². The normalized spacial score (nSPS) is 16.9. The molecule has 0 saturated carbocycles. The number of hydrogen-bond acceptors (Lipinski definition) is 4. The van der Waals surface area contributed by atoms with Crippen molar-refractivity contribution in [2.45, 2.75) is 167 Å². The monoisotopic (exact) mass is 1720 g/mol. The van der Waals surface area contributed by atoms with Crippen LogP contribution in [-0.2, 0) is 30.0 Å². The molecule has 0 saturated heterocycles. The molecular formula is C34H4F60O4Pd. The molecule has 0 radical (unpaired) electrons. The standard InChI is InChI=1S/2C17H2F30O2.Pd/c2*18-4(19,6(22,23)8(26,27)10(30,31)12(34,35)14(38,39)16(42,43)44)2(48)1-3(49)5(20,21)7(24,25)9(28,29)11(32,33)13(36,37)15(40,41)17(45,46)47;/h2*1,48H;/b2*2-1-;. The van der Waals surface area contributed by atoms with E-state index in [1.807, 2.05) is 0 Å². The van der Waals surface area contributed by atoms with Gasteiger partial charge in [-0.05, 0) is 0 Å². The van der Waals surface area contributed by atoms with Crippen LogP contribution >= 0.6 is 0 Å². The number of ketones is 2. The zero-order chi connectivity index (χ0) is 81.7. The number of halogens is 60. The van der Waals surface area contributed by atoms with Gasteiger partial charge in [-0.25, -0.2) is 0 Å². The van der Waals surface area contributed by atoms with Gasteiger partial charge in [0.05, 0.1) is 0 Å². The van der Waals surface area contributed by atoms with Crippen molar-refractivity contribution < 1.29 is 304 Å². The second-order valence-electron chi connectivity index (χ2n) is 17.6. The van der Waals surface area contributed by atoms with E-state index < -0.39 is 202 Å². The predicted octanol–water partition coefficient (Wildman–Crippen LogP) is 19.5. The SMILES string of the molecule is O=C(/C=C(\O)C(F)(F)C(F)(F)C(F)(F)C(F)(F)C(F)(F)C(F)(F)C(F)(F)F)C(F)(F)C(F)(F)C(F)(F)C(F)(F)C(F)(F)C(F)(F)C(F)(F)F.O=C(/C=C(\O)C(F)(F)C(F)(F)C(F)(F)C(F)(F)C(F)(F)C(F)(F)C(F)(F)F)C(F)(F)C(F)(F)C(F)(F)C(F)(F)C(F)(F)C(F)(F)C(F)(F)F.[Pd]. The van der Waals surface area contributed by atoms with Crippen molar-refractivity contribution in [1.82, 2.24) is 0 Å². The summed E-state index contributed by atoms with van der Waals surface area (Å²) in [5, 5.41) is 17.2. The third-order valence-corrected chi connectivity index (χ3v) is 11.1. The van der Waals surface area contributed by atoms with Crippen molar-refractivity contribution in [3.8, 4) is 0 Å². The maximum Gasteiger partial charge on any atom is 0.460 e. The van der Waals surface area contributed by atoms with Gasteiger partial charge in [-0.2, -0.15) is 263 Å². The Labute approximate surface area is 506 Å². The first kappa shape index (κ1) is 98.1. The summed E-state index contributed by atoms with van der Waals surface area (Å²) in [6.07, 6.45) is -38.7. The Balaban J connectivity index is -0.00000184. The van der Waals surface area contributed by atoms with E-state index >= 15 is 0 Å². The Morgan fingerprint density at radius 3 is 0.364 bits per heavy atom. The number of alkyl halides is 60. The van der Waals surface area contributed by atoms with Gasteiger partial charge in [0.15, 0.2) is 11.5 Å². The molecule has 0 aromatic heterocycles. The van der Waals surface area contributed by atoms with Gasteiger partial charge < -0.3 is 10.2 Å². The van der Waals surface area contributed by atoms with E-state index in [9.17, 15) is 273 Å². The largest absolute Gasteiger partial charge is 0.506 e. The van der Waals surface area contributed by atoms with E-state index in [1.165, 1.54) is 0 Å². The molecule has 0 unspecified atom stereocenters. The molecule has 4 nitrogen and oxygen atoms in total. The molecular weight excluding hydrogens is 1720 g/mol. The van der Waals surface area contributed by atoms with Gasteiger partial charge in [0.2, 0.25) is 11.6 Å². The number of aliphatic hydroxyl groups excluding tert-OH is 2. The van der Waals surface area contributed by atoms with E-state index in [4.69, 9.17) is 10.2 Å². The number of allylic oxidation sites excluding steroid dienone is 4. The molecule has 594 valence electrons. The summed E-state index contributed by atoms with van der Waals surface area (Å²) >= 11 is 0. The Hall–Kier alpha value is -5.12. The van der Waals surface area contributed by atoms with Gasteiger partial charge in [-0.1, -0.05) is 0 Å². The Morgan fingerprint density at radius 2 is 0.253 bits per heavy atom. The third-order valence-electron chi connectivity index (χ3n) is 11.1. The van der Waals surface area contributed by atoms with E-state index in [0.29, 0.717) is 0 Å². The van der Waals surface area contributed by atoms with Crippen LogP contribution in [0.4, 0.5) is 263 Å². The Morgan fingerprint density at radius 1 is 0.162 bits per heavy atom. The van der Waals surface area contributed by atoms with E-state index in [2.05, 4.69) is 0 Å². The van der Waals surface area contributed by atoms with Crippen molar-refractivity contribution in [3.63, 3.8) is 0 Å². The summed E-state index contributed by atoms with van der Waals surface area (Å²) in [6, 6.07) is 0. The fourth-order valence-electron chi connectivity index (χ4n) is 5.11. The summed E-state index contributed by atoms with van der Waals surface area (Å²) in [7, 11) is 0. The van der Waals surface area contributed by atoms with Crippen molar-refractivity contribution >= 4 is 11.6 Å². The molecule has 0 bridgehead atoms. The number of carbonyl (C=O) groups is 2. The van der Waals surface area contributed by atoms with Crippen LogP contribution < -0.4 is 0 Å². The van der Waals surface area contributed by atoms with Gasteiger partial charge >= 0.3 is 167 Å². The summed E-state index contributed by atoms with van der Waals surface area (Å²) < 4.78 is 785. The minimum Gasteiger partial charge on any atom is -0.506 e. The Bertz CT molecular complexity index is 2760. The van der Waals surface area contributed by atoms with Gasteiger partial charge in [0, 0.05) is 32.6 Å². The fourth-order valence-corrected chi connectivity index (χ4v) is 5.11. The van der Waals surface area contributed by atoms with Crippen LogP contribution in [0.5, 0.6) is 0 Å². The molecule has 0 heterocycles. The second-order valence-corrected chi connectivity index (χ2v) is 17.6. The zero-order valence-corrected chi connectivity index (χ0v) is 43.4. The van der Waals surface area contributed by atoms with E-state index in [0.717, 1.165) is 0 Å². The maximum atomic E-state index is 13.7. The maximum absolute atomic E-state index is 13.7. The van der Waals surface area contributed by atoms with Gasteiger partial charge in [-0.15, -0.1) is 0 Å². The quantitative estimate of drug-likeness (QED) is 0.0392. The Kier molecular flexibility index (Phi) is 24.8. The first-order valence-corrected chi connectivity index (χ1v) is 20.3. The number of rotatable bonds is 26. The molecule has 0 fully saturated rings. The summed E-state index contributed by atoms with van der Waals surface area (Å²) in [6.45, 7) is 0. The number of carbonyl (C=O) groups excluding carboxylic acids is 2. The van der Waals surface area contributed by atoms with E-state index in [1.54, 1.807) is 0 Å². The molecule has 0 aromatic carbocycles. The third kappa shape index (κ3) is 13.0. The summed E-state index contributed by atoms with van der Waals surface area (Å²) in [5.74, 6) is -234. The number of aliphatic hydroxyl groups is 2. The van der Waals surface area contributed by atoms with Crippen LogP contribution in [0.2, 0.25) is 0 Å². The van der Waals surface area contributed by atoms with E-state index in [-0.39, 0.29) is 20.4 Å². The molecule has 0 aliphatic rings. The molecule has 0 aliphatic heterocycles. The molecule has 2 N–H and O–H groups in total. The van der Waals surface area contributed by atoms with Crippen LogP contribution in [0.25, 0.3) is 0 Å². The smallest absolute Gasteiger partial charge is 0.460 e. The predicted molar refractivity (Wildman–Crippen MR) is 174 cm³/mol. The van der Waals surface area contributed by atoms with Crippen LogP contribution in [0.15, 0.2) is 23.7 Å². The molecule has 0 aromatic rings. The fraction of sp³-hybridized carbons (Fsp3) is 0.824. The van der Waals surface area contributed by atoms with Crippen LogP contribution in [0.3, 0.4) is 0 Å². The van der Waals surface area contributed by atoms with Gasteiger partial charge in [0.1, 0.15) is 0 Å². The van der Waals surface area contributed by atoms with Crippen LogP contribution in [-0.4, -0.2) is 189 Å². The molecule has 99 heavy (non-hydrogen) atoms. The first-order chi connectivity index (χ1) is 41.1. The van der Waals surface area contributed by atoms with Crippen LogP contribution in [0, 0.1) is 0 Å². The van der Waals surface area contributed by atoms with Crippen molar-refractivity contribution in [3.05, 3.63) is 23.7 Å². The molecule has 0 aliphatic carbocycles.